The van der Waals surface area contributed by atoms with Gasteiger partial charge in [0.05, 0.1) is 25.9 Å². The number of nitrogens with zero attached hydrogens (tertiary/aromatic N) is 3. The molecule has 8 nitrogen and oxygen atoms in total. The van der Waals surface area contributed by atoms with Gasteiger partial charge in [-0.05, 0) is 32.1 Å². The summed E-state index contributed by atoms with van der Waals surface area (Å²) in [7, 11) is -3.15. The second-order valence-electron chi connectivity index (χ2n) is 12.3. The molecule has 1 N–H and O–H groups in total. The minimum absolute atomic E-state index is 0.0881. The van der Waals surface area contributed by atoms with Crippen LogP contribution in [0.25, 0.3) is 10.4 Å². The fourth-order valence-corrected chi connectivity index (χ4v) is 10.6. The molecule has 1 heterocycles. The molecule has 4 aromatic rings. The summed E-state index contributed by atoms with van der Waals surface area (Å²) in [5.74, 6) is 0. The van der Waals surface area contributed by atoms with Crippen LogP contribution in [0.2, 0.25) is 5.04 Å². The first-order valence-electron chi connectivity index (χ1n) is 15.3. The van der Waals surface area contributed by atoms with E-state index >= 15 is 0 Å². The molecule has 0 unspecified atom stereocenters. The van der Waals surface area contributed by atoms with Crippen molar-refractivity contribution in [1.82, 2.24) is 0 Å². The summed E-state index contributed by atoms with van der Waals surface area (Å²) in [4.78, 5) is 3.17. The molecule has 1 saturated heterocycles. The van der Waals surface area contributed by atoms with E-state index in [0.29, 0.717) is 6.61 Å². The van der Waals surface area contributed by atoms with Crippen molar-refractivity contribution in [2.45, 2.75) is 69.7 Å². The maximum atomic E-state index is 11.7. The molecule has 0 aromatic heterocycles. The lowest BCUT2D eigenvalue weighted by Gasteiger charge is -2.49. The lowest BCUT2D eigenvalue weighted by atomic mass is 9.97. The first-order valence-corrected chi connectivity index (χ1v) is 17.2. The predicted molar refractivity (Wildman–Crippen MR) is 177 cm³/mol. The van der Waals surface area contributed by atoms with Crippen LogP contribution in [0.15, 0.2) is 126 Å². The Labute approximate surface area is 266 Å². The van der Waals surface area contributed by atoms with Gasteiger partial charge in [-0.2, -0.15) is 0 Å². The molecule has 1 aliphatic heterocycles. The lowest BCUT2D eigenvalue weighted by molar-refractivity contribution is -0.256. The Morgan fingerprint density at radius 2 is 1.27 bits per heavy atom. The van der Waals surface area contributed by atoms with E-state index in [9.17, 15) is 10.6 Å². The summed E-state index contributed by atoms with van der Waals surface area (Å²) in [5, 5.41) is 17.5. The molecular weight excluding hydrogens is 582 g/mol. The monoisotopic (exact) mass is 623 g/mol. The van der Waals surface area contributed by atoms with E-state index in [4.69, 9.17) is 18.6 Å². The molecule has 0 bridgehead atoms. The van der Waals surface area contributed by atoms with E-state index in [-0.39, 0.29) is 18.3 Å². The molecule has 5 rings (SSSR count). The Morgan fingerprint density at radius 1 is 0.778 bits per heavy atom. The molecule has 0 aliphatic carbocycles. The highest BCUT2D eigenvalue weighted by Gasteiger charge is 2.55. The third kappa shape index (κ3) is 7.54. The second kappa shape index (κ2) is 15.0. The minimum Gasteiger partial charge on any atom is -0.388 e. The Hall–Kier alpha value is -3.79. The van der Waals surface area contributed by atoms with Crippen LogP contribution in [0.4, 0.5) is 0 Å². The predicted octanol–water partition coefficient (Wildman–Crippen LogP) is 6.13. The van der Waals surface area contributed by atoms with Crippen LogP contribution in [-0.2, 0) is 31.9 Å². The number of aliphatic hydroxyl groups is 1. The maximum absolute atomic E-state index is 11.7. The molecule has 0 radical (unpaired) electrons. The first-order chi connectivity index (χ1) is 21.8. The van der Waals surface area contributed by atoms with Gasteiger partial charge in [0.25, 0.3) is 8.32 Å². The second-order valence-corrected chi connectivity index (χ2v) is 16.5. The van der Waals surface area contributed by atoms with Crippen molar-refractivity contribution in [3.8, 4) is 0 Å². The largest absolute Gasteiger partial charge is 0.388 e. The van der Waals surface area contributed by atoms with E-state index in [2.05, 4.69) is 55.1 Å². The Balaban J connectivity index is 1.54. The Bertz CT molecular complexity index is 1480. The number of aliphatic hydroxyl groups excluding tert-OH is 1. The van der Waals surface area contributed by atoms with Crippen LogP contribution in [0.3, 0.4) is 0 Å². The molecule has 5 atom stereocenters. The third-order valence-corrected chi connectivity index (χ3v) is 13.2. The molecule has 0 spiro atoms. The SMILES string of the molecule is CC(C)(C)[Si](O[C@@H]1O[C@H](COCc2ccccc2)[C@H](O)[C@H](OCc2ccccc2)[C@H]1N=[N+]=[N-])(c1ccccc1)c1ccccc1. The average Bonchev–Trinajstić information content (AvgIpc) is 3.06. The summed E-state index contributed by atoms with van der Waals surface area (Å²) in [5.41, 5.74) is 11.7. The van der Waals surface area contributed by atoms with Gasteiger partial charge in [-0.1, -0.05) is 147 Å². The van der Waals surface area contributed by atoms with Crippen LogP contribution >= 0.6 is 0 Å². The normalized spacial score (nSPS) is 22.0. The lowest BCUT2D eigenvalue weighted by Crippen LogP contribution is -2.71. The molecule has 1 aliphatic rings. The zero-order chi connectivity index (χ0) is 31.7. The average molecular weight is 624 g/mol. The van der Waals surface area contributed by atoms with Gasteiger partial charge in [0, 0.05) is 4.91 Å². The quantitative estimate of drug-likeness (QED) is 0.0885. The van der Waals surface area contributed by atoms with Gasteiger partial charge in [0.15, 0.2) is 6.29 Å². The van der Waals surface area contributed by atoms with Crippen molar-refractivity contribution in [1.29, 1.82) is 0 Å². The summed E-state index contributed by atoms with van der Waals surface area (Å²) in [6.07, 6.45) is -3.88. The smallest absolute Gasteiger partial charge is 0.264 e. The van der Waals surface area contributed by atoms with Crippen LogP contribution < -0.4 is 10.4 Å². The Morgan fingerprint density at radius 3 is 1.76 bits per heavy atom. The molecule has 0 saturated carbocycles. The van der Waals surface area contributed by atoms with Crippen LogP contribution in [0.1, 0.15) is 31.9 Å². The van der Waals surface area contributed by atoms with Gasteiger partial charge < -0.3 is 23.7 Å². The van der Waals surface area contributed by atoms with E-state index in [1.54, 1.807) is 0 Å². The van der Waals surface area contributed by atoms with Crippen molar-refractivity contribution >= 4 is 18.7 Å². The van der Waals surface area contributed by atoms with Crippen LogP contribution in [0, 0.1) is 0 Å². The number of hydrogen-bond donors (Lipinski definition) is 1. The van der Waals surface area contributed by atoms with E-state index < -0.39 is 39.0 Å². The Kier molecular flexibility index (Phi) is 10.9. The fraction of sp³-hybridized carbons (Fsp3) is 0.333. The van der Waals surface area contributed by atoms with Crippen molar-refractivity contribution < 1.29 is 23.7 Å². The van der Waals surface area contributed by atoms with Gasteiger partial charge in [-0.15, -0.1) is 0 Å². The van der Waals surface area contributed by atoms with E-state index in [0.717, 1.165) is 21.5 Å². The molecule has 234 valence electrons. The highest BCUT2D eigenvalue weighted by Crippen LogP contribution is 2.40. The summed E-state index contributed by atoms with van der Waals surface area (Å²) < 4.78 is 26.3. The number of azide groups is 1. The maximum Gasteiger partial charge on any atom is 0.264 e. The number of benzene rings is 4. The molecule has 0 amide bonds. The van der Waals surface area contributed by atoms with Gasteiger partial charge in [-0.3, -0.25) is 0 Å². The zero-order valence-electron chi connectivity index (χ0n) is 26.0. The van der Waals surface area contributed by atoms with Crippen molar-refractivity contribution in [2.75, 3.05) is 6.61 Å². The standard InChI is InChI=1S/C36H41N3O5Si/c1-36(2,3)45(29-20-12-6-13-21-29,30-22-14-7-15-23-30)44-35-32(38-39-37)34(42-25-28-18-10-5-11-19-28)33(40)31(43-35)26-41-24-27-16-8-4-9-17-27/h4-23,31-35,40H,24-26H2,1-3H3/t31-,32-,33+,34-,35+/m1/s1. The van der Waals surface area contributed by atoms with E-state index in [1.807, 2.05) is 97.1 Å². The van der Waals surface area contributed by atoms with Crippen molar-refractivity contribution in [2.24, 2.45) is 5.11 Å². The number of ether oxygens (including phenoxy) is 3. The van der Waals surface area contributed by atoms with Gasteiger partial charge >= 0.3 is 0 Å². The van der Waals surface area contributed by atoms with Gasteiger partial charge in [0.2, 0.25) is 0 Å². The van der Waals surface area contributed by atoms with Crippen LogP contribution in [0.5, 0.6) is 0 Å². The molecule has 4 aromatic carbocycles. The van der Waals surface area contributed by atoms with E-state index in [1.165, 1.54) is 0 Å². The minimum atomic E-state index is -3.15. The summed E-state index contributed by atoms with van der Waals surface area (Å²) in [6, 6.07) is 38.9. The summed E-state index contributed by atoms with van der Waals surface area (Å²) in [6.45, 7) is 7.16. The molecule has 45 heavy (non-hydrogen) atoms. The zero-order valence-corrected chi connectivity index (χ0v) is 27.0. The van der Waals surface area contributed by atoms with Crippen molar-refractivity contribution in [3.63, 3.8) is 0 Å². The van der Waals surface area contributed by atoms with Crippen molar-refractivity contribution in [3.05, 3.63) is 143 Å². The number of hydrogen-bond acceptors (Lipinski definition) is 6. The van der Waals surface area contributed by atoms with Crippen LogP contribution in [-0.4, -0.2) is 50.7 Å². The molecule has 9 heteroatoms. The van der Waals surface area contributed by atoms with Gasteiger partial charge in [-0.25, -0.2) is 0 Å². The highest BCUT2D eigenvalue weighted by molar-refractivity contribution is 6.99. The highest BCUT2D eigenvalue weighted by atomic mass is 28.4. The first kappa shape index (κ1) is 32.6. The fourth-order valence-electron chi connectivity index (χ4n) is 6.01. The molecular formula is C36H41N3O5Si. The van der Waals surface area contributed by atoms with Gasteiger partial charge in [0.1, 0.15) is 18.2 Å². The third-order valence-electron chi connectivity index (χ3n) is 8.22. The topological polar surface area (TPSA) is 106 Å². The molecule has 1 fully saturated rings. The summed E-state index contributed by atoms with van der Waals surface area (Å²) >= 11 is 0. The number of rotatable bonds is 12.